The first kappa shape index (κ1) is 13.8. The number of fused-ring (bicyclic) bond motifs is 1. The summed E-state index contributed by atoms with van der Waals surface area (Å²) in [6, 6.07) is 8.40. The number of aromatic nitrogens is 2. The number of para-hydroxylation sites is 1. The molecule has 0 saturated carbocycles. The SMILES string of the molecule is CCCNC(Cc1ccoc1)c1cccc2nccnc12. The van der Waals surface area contributed by atoms with Crippen molar-refractivity contribution >= 4 is 11.0 Å². The van der Waals surface area contributed by atoms with E-state index < -0.39 is 0 Å². The van der Waals surface area contributed by atoms with Gasteiger partial charge in [0.15, 0.2) is 0 Å². The average molecular weight is 281 g/mol. The van der Waals surface area contributed by atoms with Gasteiger partial charge < -0.3 is 9.73 Å². The van der Waals surface area contributed by atoms with Crippen LogP contribution in [0.5, 0.6) is 0 Å². The molecule has 0 aliphatic rings. The maximum atomic E-state index is 5.19. The molecule has 21 heavy (non-hydrogen) atoms. The molecule has 1 unspecified atom stereocenters. The summed E-state index contributed by atoms with van der Waals surface area (Å²) in [5.74, 6) is 0. The molecule has 2 aromatic heterocycles. The second kappa shape index (κ2) is 6.50. The Morgan fingerprint density at radius 3 is 2.90 bits per heavy atom. The molecule has 4 heteroatoms. The van der Waals surface area contributed by atoms with E-state index in [4.69, 9.17) is 4.42 Å². The van der Waals surface area contributed by atoms with Crippen LogP contribution in [-0.4, -0.2) is 16.5 Å². The molecule has 108 valence electrons. The second-order valence-corrected chi connectivity index (χ2v) is 5.11. The highest BCUT2D eigenvalue weighted by Gasteiger charge is 2.16. The van der Waals surface area contributed by atoms with Gasteiger partial charge in [-0.25, -0.2) is 0 Å². The van der Waals surface area contributed by atoms with Crippen molar-refractivity contribution in [1.29, 1.82) is 0 Å². The average Bonchev–Trinajstić information content (AvgIpc) is 3.04. The first-order valence-electron chi connectivity index (χ1n) is 7.32. The highest BCUT2D eigenvalue weighted by molar-refractivity contribution is 5.78. The minimum Gasteiger partial charge on any atom is -0.472 e. The fourth-order valence-corrected chi connectivity index (χ4v) is 2.55. The van der Waals surface area contributed by atoms with Crippen LogP contribution in [0, 0.1) is 0 Å². The van der Waals surface area contributed by atoms with Gasteiger partial charge in [0, 0.05) is 18.4 Å². The van der Waals surface area contributed by atoms with Crippen molar-refractivity contribution in [3.05, 3.63) is 60.3 Å². The zero-order valence-corrected chi connectivity index (χ0v) is 12.1. The van der Waals surface area contributed by atoms with Gasteiger partial charge in [0.2, 0.25) is 0 Å². The lowest BCUT2D eigenvalue weighted by atomic mass is 9.98. The Morgan fingerprint density at radius 1 is 1.19 bits per heavy atom. The molecule has 1 N–H and O–H groups in total. The maximum absolute atomic E-state index is 5.19. The van der Waals surface area contributed by atoms with Gasteiger partial charge in [-0.2, -0.15) is 0 Å². The lowest BCUT2D eigenvalue weighted by Gasteiger charge is -2.19. The Hall–Kier alpha value is -2.20. The highest BCUT2D eigenvalue weighted by Crippen LogP contribution is 2.24. The van der Waals surface area contributed by atoms with Crippen LogP contribution in [-0.2, 0) is 6.42 Å². The smallest absolute Gasteiger partial charge is 0.0935 e. The van der Waals surface area contributed by atoms with Crippen LogP contribution in [0.3, 0.4) is 0 Å². The van der Waals surface area contributed by atoms with Crippen molar-refractivity contribution in [1.82, 2.24) is 15.3 Å². The van der Waals surface area contributed by atoms with Crippen LogP contribution >= 0.6 is 0 Å². The highest BCUT2D eigenvalue weighted by atomic mass is 16.3. The maximum Gasteiger partial charge on any atom is 0.0935 e. The van der Waals surface area contributed by atoms with E-state index in [-0.39, 0.29) is 6.04 Å². The molecule has 2 heterocycles. The molecule has 1 atom stereocenters. The number of rotatable bonds is 6. The number of benzene rings is 1. The Morgan fingerprint density at radius 2 is 2.10 bits per heavy atom. The monoisotopic (exact) mass is 281 g/mol. The van der Waals surface area contributed by atoms with Crippen LogP contribution in [0.15, 0.2) is 53.6 Å². The van der Waals surface area contributed by atoms with Crippen molar-refractivity contribution in [2.24, 2.45) is 0 Å². The molecule has 0 saturated heterocycles. The normalized spacial score (nSPS) is 12.6. The Kier molecular flexibility index (Phi) is 4.26. The minimum absolute atomic E-state index is 0.211. The van der Waals surface area contributed by atoms with E-state index in [1.165, 1.54) is 11.1 Å². The second-order valence-electron chi connectivity index (χ2n) is 5.11. The fourth-order valence-electron chi connectivity index (χ4n) is 2.55. The molecular weight excluding hydrogens is 262 g/mol. The Labute approximate surface area is 124 Å². The number of hydrogen-bond acceptors (Lipinski definition) is 4. The van der Waals surface area contributed by atoms with Gasteiger partial charge in [-0.05, 0) is 42.6 Å². The lowest BCUT2D eigenvalue weighted by molar-refractivity contribution is 0.522. The summed E-state index contributed by atoms with van der Waals surface area (Å²) in [7, 11) is 0. The van der Waals surface area contributed by atoms with Crippen molar-refractivity contribution in [2.45, 2.75) is 25.8 Å². The van der Waals surface area contributed by atoms with Crippen LogP contribution in [0.1, 0.15) is 30.5 Å². The predicted molar refractivity (Wildman–Crippen MR) is 83.0 cm³/mol. The molecule has 4 nitrogen and oxygen atoms in total. The molecule has 1 aromatic carbocycles. The summed E-state index contributed by atoms with van der Waals surface area (Å²) in [4.78, 5) is 8.91. The van der Waals surface area contributed by atoms with E-state index in [1.807, 2.05) is 18.2 Å². The van der Waals surface area contributed by atoms with Crippen LogP contribution in [0.25, 0.3) is 11.0 Å². The van der Waals surface area contributed by atoms with Crippen molar-refractivity contribution in [2.75, 3.05) is 6.54 Å². The van der Waals surface area contributed by atoms with E-state index in [2.05, 4.69) is 28.3 Å². The zero-order valence-electron chi connectivity index (χ0n) is 12.1. The molecule has 0 spiro atoms. The third-order valence-electron chi connectivity index (χ3n) is 3.57. The topological polar surface area (TPSA) is 51.0 Å². The lowest BCUT2D eigenvalue weighted by Crippen LogP contribution is -2.24. The van der Waals surface area contributed by atoms with Gasteiger partial charge in [-0.3, -0.25) is 9.97 Å². The largest absolute Gasteiger partial charge is 0.472 e. The van der Waals surface area contributed by atoms with Crippen LogP contribution in [0.2, 0.25) is 0 Å². The van der Waals surface area contributed by atoms with E-state index in [9.17, 15) is 0 Å². The Bertz CT molecular complexity index is 689. The molecule has 0 fully saturated rings. The molecule has 3 aromatic rings. The summed E-state index contributed by atoms with van der Waals surface area (Å²) >= 11 is 0. The van der Waals surface area contributed by atoms with Gasteiger partial charge in [-0.1, -0.05) is 19.1 Å². The molecular formula is C17H19N3O. The number of nitrogens with zero attached hydrogens (tertiary/aromatic N) is 2. The molecule has 0 amide bonds. The summed E-state index contributed by atoms with van der Waals surface area (Å²) in [6.07, 6.45) is 8.98. The van der Waals surface area contributed by atoms with Gasteiger partial charge in [0.1, 0.15) is 0 Å². The van der Waals surface area contributed by atoms with Gasteiger partial charge in [-0.15, -0.1) is 0 Å². The summed E-state index contributed by atoms with van der Waals surface area (Å²) in [6.45, 7) is 3.14. The quantitative estimate of drug-likeness (QED) is 0.751. The third-order valence-corrected chi connectivity index (χ3v) is 3.57. The van der Waals surface area contributed by atoms with E-state index in [1.54, 1.807) is 24.9 Å². The minimum atomic E-state index is 0.211. The van der Waals surface area contributed by atoms with Crippen molar-refractivity contribution in [3.8, 4) is 0 Å². The fraction of sp³-hybridized carbons (Fsp3) is 0.294. The Balaban J connectivity index is 1.97. The molecule has 0 radical (unpaired) electrons. The first-order chi connectivity index (χ1) is 10.4. The molecule has 0 aliphatic heterocycles. The van der Waals surface area contributed by atoms with Crippen LogP contribution < -0.4 is 5.32 Å². The summed E-state index contributed by atoms with van der Waals surface area (Å²) in [5, 5.41) is 3.61. The first-order valence-corrected chi connectivity index (χ1v) is 7.32. The number of nitrogens with one attached hydrogen (secondary N) is 1. The molecule has 0 bridgehead atoms. The zero-order chi connectivity index (χ0) is 14.5. The number of hydrogen-bond donors (Lipinski definition) is 1. The van der Waals surface area contributed by atoms with Gasteiger partial charge in [0.05, 0.1) is 23.6 Å². The van der Waals surface area contributed by atoms with Gasteiger partial charge >= 0.3 is 0 Å². The standard InChI is InChI=1S/C17H19N3O/c1-2-7-18-16(11-13-6-10-21-12-13)14-4-3-5-15-17(14)20-9-8-19-15/h3-6,8-10,12,16,18H,2,7,11H2,1H3. The number of furan rings is 1. The van der Waals surface area contributed by atoms with E-state index in [0.717, 1.165) is 30.4 Å². The van der Waals surface area contributed by atoms with Crippen molar-refractivity contribution < 1.29 is 4.42 Å². The van der Waals surface area contributed by atoms with Crippen LogP contribution in [0.4, 0.5) is 0 Å². The van der Waals surface area contributed by atoms with Crippen molar-refractivity contribution in [3.63, 3.8) is 0 Å². The molecule has 3 rings (SSSR count). The molecule has 0 aliphatic carbocycles. The van der Waals surface area contributed by atoms with Gasteiger partial charge in [0.25, 0.3) is 0 Å². The predicted octanol–water partition coefficient (Wildman–Crippen LogP) is 3.51. The summed E-state index contributed by atoms with van der Waals surface area (Å²) in [5.41, 5.74) is 4.28. The third kappa shape index (κ3) is 3.11. The van der Waals surface area contributed by atoms with E-state index >= 15 is 0 Å². The van der Waals surface area contributed by atoms with E-state index in [0.29, 0.717) is 0 Å². The summed E-state index contributed by atoms with van der Waals surface area (Å²) < 4.78 is 5.19.